The number of carboxylic acid groups (broad SMARTS) is 2. The number of hydrogen-bond donors (Lipinski definition) is 2. The number of hydrogen-bond acceptors (Lipinski definition) is 3. The number of carboxylic acids is 2. The smallest absolute Gasteiger partial charge is 0.354 e. The van der Waals surface area contributed by atoms with Crippen LogP contribution in [0.25, 0.3) is 0 Å². The zero-order valence-electron chi connectivity index (χ0n) is 12.8. The molecule has 1 rings (SSSR count). The summed E-state index contributed by atoms with van der Waals surface area (Å²) in [5.74, 6) is 3.26. The van der Waals surface area contributed by atoms with Gasteiger partial charge >= 0.3 is 11.9 Å². The van der Waals surface area contributed by atoms with Gasteiger partial charge in [0.1, 0.15) is 11.4 Å². The Labute approximate surface area is 130 Å². The van der Waals surface area contributed by atoms with Gasteiger partial charge in [0, 0.05) is 12.0 Å². The maximum absolute atomic E-state index is 10.9. The van der Waals surface area contributed by atoms with E-state index < -0.39 is 11.9 Å². The lowest BCUT2D eigenvalue weighted by Gasteiger charge is -1.99. The summed E-state index contributed by atoms with van der Waals surface area (Å²) in [4.78, 5) is 25.4. The highest BCUT2D eigenvalue weighted by molar-refractivity contribution is 5.90. The van der Waals surface area contributed by atoms with Gasteiger partial charge in [-0.25, -0.2) is 14.6 Å². The first kappa shape index (κ1) is 17.7. The topological polar surface area (TPSA) is 87.5 Å². The van der Waals surface area contributed by atoms with Gasteiger partial charge in [0.2, 0.25) is 0 Å². The Morgan fingerprint density at radius 2 is 1.55 bits per heavy atom. The van der Waals surface area contributed by atoms with E-state index in [1.165, 1.54) is 37.8 Å². The zero-order valence-corrected chi connectivity index (χ0v) is 12.8. The summed E-state index contributed by atoms with van der Waals surface area (Å²) in [6.45, 7) is 2.18. The van der Waals surface area contributed by atoms with Crippen LogP contribution in [0.5, 0.6) is 0 Å². The molecule has 0 atom stereocenters. The molecule has 1 heterocycles. The van der Waals surface area contributed by atoms with Crippen LogP contribution < -0.4 is 0 Å². The Balaban J connectivity index is 2.60. The van der Waals surface area contributed by atoms with Crippen LogP contribution in [0.1, 0.15) is 78.4 Å². The van der Waals surface area contributed by atoms with E-state index in [0.717, 1.165) is 19.3 Å². The van der Waals surface area contributed by atoms with E-state index in [9.17, 15) is 9.59 Å². The summed E-state index contributed by atoms with van der Waals surface area (Å²) >= 11 is 0. The van der Waals surface area contributed by atoms with E-state index in [2.05, 4.69) is 23.7 Å². The third kappa shape index (κ3) is 6.40. The Kier molecular flexibility index (Phi) is 7.69. The third-order valence-corrected chi connectivity index (χ3v) is 3.15. The molecule has 5 nitrogen and oxygen atoms in total. The molecule has 0 saturated heterocycles. The van der Waals surface area contributed by atoms with Crippen LogP contribution in [0.4, 0.5) is 0 Å². The minimum Gasteiger partial charge on any atom is -0.477 e. The zero-order chi connectivity index (χ0) is 16.4. The van der Waals surface area contributed by atoms with Gasteiger partial charge < -0.3 is 10.2 Å². The molecule has 1 aromatic heterocycles. The summed E-state index contributed by atoms with van der Waals surface area (Å²) in [5, 5.41) is 17.8. The van der Waals surface area contributed by atoms with E-state index in [4.69, 9.17) is 10.2 Å². The number of aromatic carboxylic acids is 2. The molecule has 0 radical (unpaired) electrons. The first-order valence-corrected chi connectivity index (χ1v) is 7.52. The highest BCUT2D eigenvalue weighted by Crippen LogP contribution is 2.08. The van der Waals surface area contributed by atoms with Crippen molar-refractivity contribution in [2.24, 2.45) is 0 Å². The fraction of sp³-hybridized carbons (Fsp3) is 0.471. The largest absolute Gasteiger partial charge is 0.477 e. The molecule has 118 valence electrons. The van der Waals surface area contributed by atoms with Gasteiger partial charge in [0.25, 0.3) is 0 Å². The van der Waals surface area contributed by atoms with Gasteiger partial charge in [-0.05, 0) is 18.6 Å². The second kappa shape index (κ2) is 9.56. The van der Waals surface area contributed by atoms with E-state index >= 15 is 0 Å². The monoisotopic (exact) mass is 303 g/mol. The van der Waals surface area contributed by atoms with Gasteiger partial charge in [0.05, 0.1) is 0 Å². The Hall–Kier alpha value is -2.35. The van der Waals surface area contributed by atoms with Crippen molar-refractivity contribution in [3.63, 3.8) is 0 Å². The van der Waals surface area contributed by atoms with Crippen molar-refractivity contribution in [3.05, 3.63) is 29.1 Å². The van der Waals surface area contributed by atoms with Gasteiger partial charge in [-0.2, -0.15) is 0 Å². The maximum atomic E-state index is 10.9. The minimum absolute atomic E-state index is 0.302. The summed E-state index contributed by atoms with van der Waals surface area (Å²) in [7, 11) is 0. The molecular weight excluding hydrogens is 282 g/mol. The van der Waals surface area contributed by atoms with Crippen molar-refractivity contribution in [2.75, 3.05) is 0 Å². The average Bonchev–Trinajstić information content (AvgIpc) is 2.49. The van der Waals surface area contributed by atoms with Gasteiger partial charge in [-0.1, -0.05) is 50.9 Å². The lowest BCUT2D eigenvalue weighted by Crippen LogP contribution is -2.08. The van der Waals surface area contributed by atoms with Crippen molar-refractivity contribution in [1.82, 2.24) is 4.98 Å². The van der Waals surface area contributed by atoms with E-state index in [1.807, 2.05) is 0 Å². The van der Waals surface area contributed by atoms with E-state index in [1.54, 1.807) is 0 Å². The second-order valence-corrected chi connectivity index (χ2v) is 5.06. The quantitative estimate of drug-likeness (QED) is 0.566. The predicted octanol–water partition coefficient (Wildman–Crippen LogP) is 3.58. The molecule has 5 heteroatoms. The normalized spacial score (nSPS) is 9.86. The Bertz CT molecular complexity index is 552. The molecule has 0 unspecified atom stereocenters. The number of pyridine rings is 1. The van der Waals surface area contributed by atoms with Crippen molar-refractivity contribution in [1.29, 1.82) is 0 Å². The number of unbranched alkanes of at least 4 members (excludes halogenated alkanes) is 6. The molecule has 0 amide bonds. The number of carbonyl (C=O) groups is 2. The Morgan fingerprint density at radius 1 is 1.00 bits per heavy atom. The molecule has 0 aliphatic rings. The SMILES string of the molecule is CCCCCCCCC#Cc1cc(C(=O)O)nc(C(=O)O)c1. The van der Waals surface area contributed by atoms with Gasteiger partial charge in [-0.15, -0.1) is 0 Å². The summed E-state index contributed by atoms with van der Waals surface area (Å²) in [5.41, 5.74) is -0.233. The summed E-state index contributed by atoms with van der Waals surface area (Å²) in [6, 6.07) is 2.59. The van der Waals surface area contributed by atoms with Crippen molar-refractivity contribution < 1.29 is 19.8 Å². The molecule has 22 heavy (non-hydrogen) atoms. The molecule has 2 N–H and O–H groups in total. The van der Waals surface area contributed by atoms with Crippen molar-refractivity contribution >= 4 is 11.9 Å². The first-order chi connectivity index (χ1) is 10.5. The summed E-state index contributed by atoms with van der Waals surface area (Å²) < 4.78 is 0. The second-order valence-electron chi connectivity index (χ2n) is 5.06. The molecule has 0 aliphatic heterocycles. The molecular formula is C17H21NO4. The molecule has 1 aromatic rings. The molecule has 0 saturated carbocycles. The average molecular weight is 303 g/mol. The first-order valence-electron chi connectivity index (χ1n) is 7.52. The molecule has 0 fully saturated rings. The minimum atomic E-state index is -1.26. The third-order valence-electron chi connectivity index (χ3n) is 3.15. The molecule has 0 bridgehead atoms. The number of nitrogens with zero attached hydrogens (tertiary/aromatic N) is 1. The molecule has 0 spiro atoms. The Morgan fingerprint density at radius 3 is 2.09 bits per heavy atom. The van der Waals surface area contributed by atoms with Crippen molar-refractivity contribution in [2.45, 2.75) is 51.9 Å². The fourth-order valence-electron chi connectivity index (χ4n) is 1.98. The van der Waals surface area contributed by atoms with Gasteiger partial charge in [-0.3, -0.25) is 0 Å². The van der Waals surface area contributed by atoms with Crippen LogP contribution in [0.3, 0.4) is 0 Å². The lowest BCUT2D eigenvalue weighted by atomic mass is 10.1. The molecule has 0 aromatic carbocycles. The van der Waals surface area contributed by atoms with Crippen LogP contribution in [-0.2, 0) is 0 Å². The van der Waals surface area contributed by atoms with Crippen molar-refractivity contribution in [3.8, 4) is 11.8 Å². The van der Waals surface area contributed by atoms with Crippen LogP contribution in [0, 0.1) is 11.8 Å². The van der Waals surface area contributed by atoms with Crippen LogP contribution >= 0.6 is 0 Å². The van der Waals surface area contributed by atoms with E-state index in [0.29, 0.717) is 5.56 Å². The standard InChI is InChI=1S/C17H21NO4/c1-2-3-4-5-6-7-8-9-10-13-11-14(16(19)20)18-15(12-13)17(21)22/h11-12H,2-8H2,1H3,(H,19,20)(H,21,22). The number of rotatable bonds is 8. The lowest BCUT2D eigenvalue weighted by molar-refractivity contribution is 0.0685. The molecule has 0 aliphatic carbocycles. The highest BCUT2D eigenvalue weighted by Gasteiger charge is 2.12. The van der Waals surface area contributed by atoms with E-state index in [-0.39, 0.29) is 11.4 Å². The fourth-order valence-corrected chi connectivity index (χ4v) is 1.98. The predicted molar refractivity (Wildman–Crippen MR) is 83.0 cm³/mol. The summed E-state index contributed by atoms with van der Waals surface area (Å²) in [6.07, 6.45) is 7.79. The highest BCUT2D eigenvalue weighted by atomic mass is 16.4. The van der Waals surface area contributed by atoms with Crippen LogP contribution in [0.15, 0.2) is 12.1 Å². The van der Waals surface area contributed by atoms with Crippen LogP contribution in [0.2, 0.25) is 0 Å². The van der Waals surface area contributed by atoms with Gasteiger partial charge in [0.15, 0.2) is 0 Å². The number of aromatic nitrogens is 1. The van der Waals surface area contributed by atoms with Crippen LogP contribution in [-0.4, -0.2) is 27.1 Å². The maximum Gasteiger partial charge on any atom is 0.354 e.